The van der Waals surface area contributed by atoms with Gasteiger partial charge in [0, 0.05) is 5.56 Å². The van der Waals surface area contributed by atoms with Gasteiger partial charge in [-0.1, -0.05) is 0 Å². The molecule has 2 heterocycles. The average molecular weight is 275 g/mol. The minimum atomic E-state index is -0.572. The lowest BCUT2D eigenvalue weighted by molar-refractivity contribution is 0.367. The summed E-state index contributed by atoms with van der Waals surface area (Å²) in [6.07, 6.45) is 1.11. The van der Waals surface area contributed by atoms with Gasteiger partial charge in [-0.25, -0.2) is 9.97 Å². The molecule has 0 saturated heterocycles. The van der Waals surface area contributed by atoms with Crippen molar-refractivity contribution in [2.75, 3.05) is 7.11 Å². The van der Waals surface area contributed by atoms with Crippen LogP contribution in [-0.2, 0) is 0 Å². The van der Waals surface area contributed by atoms with Gasteiger partial charge in [-0.2, -0.15) is 9.37 Å². The van der Waals surface area contributed by atoms with E-state index >= 15 is 0 Å². The van der Waals surface area contributed by atoms with E-state index in [-0.39, 0.29) is 5.88 Å². The lowest BCUT2D eigenvalue weighted by atomic mass is 10.2. The van der Waals surface area contributed by atoms with Gasteiger partial charge in [0.15, 0.2) is 5.82 Å². The smallest absolute Gasteiger partial charge is 0.253 e. The zero-order chi connectivity index (χ0) is 13.4. The predicted molar refractivity (Wildman–Crippen MR) is 71.9 cm³/mol. The lowest BCUT2D eigenvalue weighted by Gasteiger charge is -2.03. The molecule has 19 heavy (non-hydrogen) atoms. The number of fused-ring (bicyclic) bond motifs is 1. The molecule has 0 unspecified atom stereocenters. The highest BCUT2D eigenvalue weighted by molar-refractivity contribution is 7.18. The fourth-order valence-electron chi connectivity index (χ4n) is 1.82. The number of benzene rings is 1. The van der Waals surface area contributed by atoms with E-state index in [4.69, 9.17) is 4.74 Å². The highest BCUT2D eigenvalue weighted by Crippen LogP contribution is 2.27. The van der Waals surface area contributed by atoms with Crippen molar-refractivity contribution in [1.82, 2.24) is 15.0 Å². The number of thiazole rings is 1. The fourth-order valence-corrected chi connectivity index (χ4v) is 2.62. The quantitative estimate of drug-likeness (QED) is 0.720. The second-order valence-corrected chi connectivity index (χ2v) is 5.20. The van der Waals surface area contributed by atoms with Gasteiger partial charge < -0.3 is 4.74 Å². The van der Waals surface area contributed by atoms with E-state index < -0.39 is 5.82 Å². The van der Waals surface area contributed by atoms with Crippen LogP contribution in [0.3, 0.4) is 0 Å². The van der Waals surface area contributed by atoms with Crippen molar-refractivity contribution in [3.8, 4) is 17.3 Å². The highest BCUT2D eigenvalue weighted by atomic mass is 32.1. The third-order valence-corrected chi connectivity index (χ3v) is 3.61. The first-order valence-corrected chi connectivity index (χ1v) is 6.43. The van der Waals surface area contributed by atoms with Gasteiger partial charge in [-0.15, -0.1) is 11.3 Å². The van der Waals surface area contributed by atoms with Gasteiger partial charge in [-0.05, 0) is 25.1 Å². The molecule has 3 aromatic rings. The van der Waals surface area contributed by atoms with Crippen LogP contribution in [-0.4, -0.2) is 22.1 Å². The van der Waals surface area contributed by atoms with Crippen molar-refractivity contribution in [3.05, 3.63) is 35.2 Å². The second-order valence-electron chi connectivity index (χ2n) is 3.97. The molecule has 0 aliphatic heterocycles. The number of aromatic nitrogens is 3. The summed E-state index contributed by atoms with van der Waals surface area (Å²) in [6, 6.07) is 5.76. The van der Waals surface area contributed by atoms with Crippen LogP contribution in [0.5, 0.6) is 5.88 Å². The van der Waals surface area contributed by atoms with Crippen molar-refractivity contribution in [2.45, 2.75) is 6.92 Å². The van der Waals surface area contributed by atoms with Crippen LogP contribution in [0.25, 0.3) is 21.6 Å². The Morgan fingerprint density at radius 1 is 1.26 bits per heavy atom. The van der Waals surface area contributed by atoms with Crippen molar-refractivity contribution in [3.63, 3.8) is 0 Å². The molecule has 2 aromatic heterocycles. The third-order valence-electron chi connectivity index (χ3n) is 2.66. The van der Waals surface area contributed by atoms with Crippen molar-refractivity contribution >= 4 is 21.6 Å². The molecular weight excluding hydrogens is 265 g/mol. The van der Waals surface area contributed by atoms with Crippen molar-refractivity contribution in [2.24, 2.45) is 0 Å². The molecule has 0 N–H and O–H groups in total. The van der Waals surface area contributed by atoms with Crippen LogP contribution in [0, 0.1) is 12.7 Å². The van der Waals surface area contributed by atoms with Crippen LogP contribution in [0.15, 0.2) is 24.4 Å². The molecule has 3 rings (SSSR count). The van der Waals surface area contributed by atoms with Crippen LogP contribution >= 0.6 is 11.3 Å². The van der Waals surface area contributed by atoms with Crippen LogP contribution in [0.1, 0.15) is 5.01 Å². The Bertz CT molecular complexity index is 757. The number of aryl methyl sites for hydroxylation is 1. The first-order valence-electron chi connectivity index (χ1n) is 5.61. The van der Waals surface area contributed by atoms with E-state index in [0.29, 0.717) is 5.82 Å². The third kappa shape index (κ3) is 2.15. The Morgan fingerprint density at radius 2 is 2.11 bits per heavy atom. The Hall–Kier alpha value is -2.08. The Morgan fingerprint density at radius 3 is 2.89 bits per heavy atom. The summed E-state index contributed by atoms with van der Waals surface area (Å²) >= 11 is 1.63. The number of halogens is 1. The molecule has 96 valence electrons. The summed E-state index contributed by atoms with van der Waals surface area (Å²) in [4.78, 5) is 12.4. The molecule has 0 aliphatic rings. The summed E-state index contributed by atoms with van der Waals surface area (Å²) in [7, 11) is 1.38. The van der Waals surface area contributed by atoms with Crippen molar-refractivity contribution in [1.29, 1.82) is 0 Å². The molecule has 1 aromatic carbocycles. The molecular formula is C13H10FN3OS. The minimum Gasteiger partial charge on any atom is -0.479 e. The van der Waals surface area contributed by atoms with E-state index in [2.05, 4.69) is 15.0 Å². The Balaban J connectivity index is 2.12. The molecule has 0 atom stereocenters. The zero-order valence-electron chi connectivity index (χ0n) is 10.3. The number of hydrogen-bond donors (Lipinski definition) is 0. The van der Waals surface area contributed by atoms with E-state index in [1.165, 1.54) is 7.11 Å². The number of ether oxygens (including phenoxy) is 1. The second kappa shape index (κ2) is 4.55. The average Bonchev–Trinajstić information content (AvgIpc) is 2.78. The summed E-state index contributed by atoms with van der Waals surface area (Å²) in [6.45, 7) is 1.96. The van der Waals surface area contributed by atoms with Crippen molar-refractivity contribution < 1.29 is 9.13 Å². The van der Waals surface area contributed by atoms with E-state index in [1.807, 2.05) is 25.1 Å². The van der Waals surface area contributed by atoms with Gasteiger partial charge in [0.05, 0.1) is 28.5 Å². The van der Waals surface area contributed by atoms with Gasteiger partial charge >= 0.3 is 0 Å². The molecule has 0 aliphatic carbocycles. The summed E-state index contributed by atoms with van der Waals surface area (Å²) in [5.41, 5.74) is 1.68. The summed E-state index contributed by atoms with van der Waals surface area (Å²) in [5, 5.41) is 1.00. The number of hydrogen-bond acceptors (Lipinski definition) is 5. The number of rotatable bonds is 2. The fraction of sp³-hybridized carbons (Fsp3) is 0.154. The topological polar surface area (TPSA) is 47.9 Å². The molecule has 0 bridgehead atoms. The molecule has 6 heteroatoms. The molecule has 0 amide bonds. The van der Waals surface area contributed by atoms with Gasteiger partial charge in [-0.3, -0.25) is 0 Å². The van der Waals surface area contributed by atoms with E-state index in [9.17, 15) is 4.39 Å². The summed E-state index contributed by atoms with van der Waals surface area (Å²) in [5.74, 6) is -0.206. The maximum atomic E-state index is 13.3. The first-order chi connectivity index (χ1) is 9.17. The normalized spacial score (nSPS) is 10.9. The largest absolute Gasteiger partial charge is 0.479 e. The Labute approximate surface area is 112 Å². The van der Waals surface area contributed by atoms with Gasteiger partial charge in [0.25, 0.3) is 5.88 Å². The molecule has 0 fully saturated rings. The predicted octanol–water partition coefficient (Wildman–Crippen LogP) is 3.21. The summed E-state index contributed by atoms with van der Waals surface area (Å²) < 4.78 is 19.2. The first kappa shape index (κ1) is 12.0. The SMILES string of the molecule is COc1nc(-c2ccc3sc(C)nc3c2)ncc1F. The maximum absolute atomic E-state index is 13.3. The lowest BCUT2D eigenvalue weighted by Crippen LogP contribution is -1.96. The Kier molecular flexibility index (Phi) is 2.87. The standard InChI is InChI=1S/C13H10FN3OS/c1-7-16-10-5-8(3-4-11(10)19-7)12-15-6-9(14)13(17-12)18-2/h3-6H,1-2H3. The van der Waals surface area contributed by atoms with Crippen LogP contribution in [0.2, 0.25) is 0 Å². The number of nitrogens with zero attached hydrogens (tertiary/aromatic N) is 3. The monoisotopic (exact) mass is 275 g/mol. The van der Waals surface area contributed by atoms with E-state index in [0.717, 1.165) is 27.0 Å². The molecule has 4 nitrogen and oxygen atoms in total. The van der Waals surface area contributed by atoms with Crippen LogP contribution < -0.4 is 4.74 Å². The molecule has 0 radical (unpaired) electrons. The van der Waals surface area contributed by atoms with Gasteiger partial charge in [0.1, 0.15) is 0 Å². The highest BCUT2D eigenvalue weighted by Gasteiger charge is 2.10. The van der Waals surface area contributed by atoms with Crippen LogP contribution in [0.4, 0.5) is 4.39 Å². The maximum Gasteiger partial charge on any atom is 0.253 e. The van der Waals surface area contributed by atoms with E-state index in [1.54, 1.807) is 11.3 Å². The minimum absolute atomic E-state index is 0.0560. The molecule has 0 spiro atoms. The van der Waals surface area contributed by atoms with Gasteiger partial charge in [0.2, 0.25) is 5.82 Å². The molecule has 0 saturated carbocycles. The zero-order valence-corrected chi connectivity index (χ0v) is 11.2. The number of methoxy groups -OCH3 is 1.